The van der Waals surface area contributed by atoms with Crippen molar-refractivity contribution in [2.24, 2.45) is 0 Å². The summed E-state index contributed by atoms with van der Waals surface area (Å²) in [4.78, 5) is 17.1. The number of nitrogen functional groups attached to an aromatic ring is 1. The number of hydrogen-bond donors (Lipinski definition) is 1. The molecule has 4 nitrogen and oxygen atoms in total. The van der Waals surface area contributed by atoms with E-state index in [1.807, 2.05) is 16.8 Å². The van der Waals surface area contributed by atoms with Crippen molar-refractivity contribution in [1.29, 1.82) is 0 Å². The molecular weight excluding hydrogens is 253 g/mol. The van der Waals surface area contributed by atoms with Gasteiger partial charge in [-0.15, -0.1) is 0 Å². The van der Waals surface area contributed by atoms with E-state index in [2.05, 4.69) is 4.98 Å². The SMILES string of the molecule is CN(Cc1ccsc1)C(=O)c1ccnc(N)c1F. The smallest absolute Gasteiger partial charge is 0.257 e. The number of hydrogen-bond acceptors (Lipinski definition) is 4. The van der Waals surface area contributed by atoms with Gasteiger partial charge in [-0.3, -0.25) is 4.79 Å². The van der Waals surface area contributed by atoms with E-state index in [-0.39, 0.29) is 11.4 Å². The van der Waals surface area contributed by atoms with Crippen molar-refractivity contribution in [3.8, 4) is 0 Å². The van der Waals surface area contributed by atoms with Crippen molar-refractivity contribution in [3.63, 3.8) is 0 Å². The average molecular weight is 265 g/mol. The van der Waals surface area contributed by atoms with Crippen LogP contribution in [0.4, 0.5) is 10.2 Å². The van der Waals surface area contributed by atoms with Crippen LogP contribution in [0.3, 0.4) is 0 Å². The Hall–Kier alpha value is -1.95. The minimum absolute atomic E-state index is 0.0553. The summed E-state index contributed by atoms with van der Waals surface area (Å²) in [5, 5.41) is 3.87. The molecule has 0 aliphatic carbocycles. The summed E-state index contributed by atoms with van der Waals surface area (Å²) in [6.45, 7) is 0.435. The number of carbonyl (C=O) groups excluding carboxylic acids is 1. The lowest BCUT2D eigenvalue weighted by Crippen LogP contribution is -2.27. The Bertz CT molecular complexity index is 556. The Balaban J connectivity index is 2.18. The fourth-order valence-electron chi connectivity index (χ4n) is 1.56. The topological polar surface area (TPSA) is 59.2 Å². The second-order valence-corrected chi connectivity index (χ2v) is 4.63. The van der Waals surface area contributed by atoms with E-state index >= 15 is 0 Å². The van der Waals surface area contributed by atoms with Crippen molar-refractivity contribution in [2.45, 2.75) is 6.54 Å². The van der Waals surface area contributed by atoms with E-state index < -0.39 is 11.7 Å². The Morgan fingerprint density at radius 2 is 2.33 bits per heavy atom. The van der Waals surface area contributed by atoms with Gasteiger partial charge in [0, 0.05) is 19.8 Å². The van der Waals surface area contributed by atoms with Crippen LogP contribution >= 0.6 is 11.3 Å². The minimum atomic E-state index is -0.764. The van der Waals surface area contributed by atoms with Gasteiger partial charge in [-0.25, -0.2) is 9.37 Å². The molecule has 94 valence electrons. The van der Waals surface area contributed by atoms with Crippen molar-refractivity contribution in [2.75, 3.05) is 12.8 Å². The molecule has 1 amide bonds. The first kappa shape index (κ1) is 12.5. The van der Waals surface area contributed by atoms with E-state index in [0.29, 0.717) is 6.54 Å². The number of pyridine rings is 1. The van der Waals surface area contributed by atoms with Gasteiger partial charge in [-0.05, 0) is 28.5 Å². The molecular formula is C12H12FN3OS. The van der Waals surface area contributed by atoms with Crippen LogP contribution in [-0.4, -0.2) is 22.8 Å². The third-order valence-corrected chi connectivity index (χ3v) is 3.23. The van der Waals surface area contributed by atoms with Crippen molar-refractivity contribution in [1.82, 2.24) is 9.88 Å². The molecule has 6 heteroatoms. The summed E-state index contributed by atoms with van der Waals surface area (Å²) >= 11 is 1.55. The normalized spacial score (nSPS) is 10.3. The molecule has 0 aliphatic heterocycles. The van der Waals surface area contributed by atoms with Crippen LogP contribution in [0.2, 0.25) is 0 Å². The molecule has 2 N–H and O–H groups in total. The molecule has 18 heavy (non-hydrogen) atoms. The van der Waals surface area contributed by atoms with Crippen LogP contribution in [0.1, 0.15) is 15.9 Å². The van der Waals surface area contributed by atoms with Crippen LogP contribution in [-0.2, 0) is 6.54 Å². The zero-order chi connectivity index (χ0) is 13.1. The lowest BCUT2D eigenvalue weighted by atomic mass is 10.2. The number of rotatable bonds is 3. The van der Waals surface area contributed by atoms with Crippen LogP contribution in [0.15, 0.2) is 29.1 Å². The molecule has 2 aromatic heterocycles. The van der Waals surface area contributed by atoms with Gasteiger partial charge in [0.15, 0.2) is 11.6 Å². The molecule has 0 saturated heterocycles. The Morgan fingerprint density at radius 3 is 3.00 bits per heavy atom. The van der Waals surface area contributed by atoms with Gasteiger partial charge in [0.1, 0.15) is 0 Å². The predicted octanol–water partition coefficient (Wildman–Crippen LogP) is 2.14. The van der Waals surface area contributed by atoms with Gasteiger partial charge in [0.05, 0.1) is 5.56 Å². The summed E-state index contributed by atoms with van der Waals surface area (Å²) in [5.74, 6) is -1.43. The maximum absolute atomic E-state index is 13.7. The van der Waals surface area contributed by atoms with Gasteiger partial charge in [-0.2, -0.15) is 11.3 Å². The molecule has 0 atom stereocenters. The van der Waals surface area contributed by atoms with Gasteiger partial charge in [-0.1, -0.05) is 0 Å². The van der Waals surface area contributed by atoms with Gasteiger partial charge >= 0.3 is 0 Å². The molecule has 0 fully saturated rings. The maximum atomic E-state index is 13.7. The van der Waals surface area contributed by atoms with Crippen LogP contribution in [0, 0.1) is 5.82 Å². The summed E-state index contributed by atoms with van der Waals surface area (Å²) in [6, 6.07) is 3.25. The number of halogens is 1. The zero-order valence-corrected chi connectivity index (χ0v) is 10.6. The summed E-state index contributed by atoms with van der Waals surface area (Å²) in [7, 11) is 1.62. The molecule has 0 unspecified atom stereocenters. The van der Waals surface area contributed by atoms with Crippen molar-refractivity contribution < 1.29 is 9.18 Å². The Kier molecular flexibility index (Phi) is 3.57. The fourth-order valence-corrected chi connectivity index (χ4v) is 2.22. The number of nitrogens with two attached hydrogens (primary N) is 1. The number of nitrogens with zero attached hydrogens (tertiary/aromatic N) is 2. The molecule has 0 spiro atoms. The minimum Gasteiger partial charge on any atom is -0.381 e. The van der Waals surface area contributed by atoms with Gasteiger partial charge in [0.2, 0.25) is 0 Å². The highest BCUT2D eigenvalue weighted by atomic mass is 32.1. The number of thiophene rings is 1. The van der Waals surface area contributed by atoms with Gasteiger partial charge < -0.3 is 10.6 Å². The number of aromatic nitrogens is 1. The second kappa shape index (κ2) is 5.14. The van der Waals surface area contributed by atoms with Crippen LogP contribution in [0.5, 0.6) is 0 Å². The summed E-state index contributed by atoms with van der Waals surface area (Å²) in [6.07, 6.45) is 1.32. The number of amides is 1. The summed E-state index contributed by atoms with van der Waals surface area (Å²) in [5.41, 5.74) is 6.30. The van der Waals surface area contributed by atoms with Gasteiger partial charge in [0.25, 0.3) is 5.91 Å². The predicted molar refractivity (Wildman–Crippen MR) is 68.7 cm³/mol. The van der Waals surface area contributed by atoms with Crippen molar-refractivity contribution >= 4 is 23.1 Å². The van der Waals surface area contributed by atoms with Crippen LogP contribution < -0.4 is 5.73 Å². The first-order chi connectivity index (χ1) is 8.59. The standard InChI is InChI=1S/C12H12FN3OS/c1-16(6-8-3-5-18-7-8)12(17)9-2-4-15-11(14)10(9)13/h2-5,7H,6H2,1H3,(H2,14,15). The van der Waals surface area contributed by atoms with E-state index in [0.717, 1.165) is 5.56 Å². The van der Waals surface area contributed by atoms with E-state index in [4.69, 9.17) is 5.73 Å². The second-order valence-electron chi connectivity index (χ2n) is 3.85. The highest BCUT2D eigenvalue weighted by molar-refractivity contribution is 7.07. The molecule has 0 bridgehead atoms. The number of anilines is 1. The van der Waals surface area contributed by atoms with Crippen LogP contribution in [0.25, 0.3) is 0 Å². The summed E-state index contributed by atoms with van der Waals surface area (Å²) < 4.78 is 13.7. The quantitative estimate of drug-likeness (QED) is 0.925. The molecule has 0 aliphatic rings. The molecule has 2 aromatic rings. The van der Waals surface area contributed by atoms with E-state index in [9.17, 15) is 9.18 Å². The Labute approximate surface area is 108 Å². The fraction of sp³-hybridized carbons (Fsp3) is 0.167. The van der Waals surface area contributed by atoms with E-state index in [1.165, 1.54) is 17.2 Å². The monoisotopic (exact) mass is 265 g/mol. The lowest BCUT2D eigenvalue weighted by Gasteiger charge is -2.17. The molecule has 0 radical (unpaired) electrons. The molecule has 2 rings (SSSR count). The maximum Gasteiger partial charge on any atom is 0.257 e. The lowest BCUT2D eigenvalue weighted by molar-refractivity contribution is 0.0780. The first-order valence-electron chi connectivity index (χ1n) is 5.26. The van der Waals surface area contributed by atoms with Crippen molar-refractivity contribution in [3.05, 3.63) is 46.0 Å². The highest BCUT2D eigenvalue weighted by Crippen LogP contribution is 2.15. The zero-order valence-electron chi connectivity index (χ0n) is 9.76. The average Bonchev–Trinajstić information content (AvgIpc) is 2.84. The van der Waals surface area contributed by atoms with E-state index in [1.54, 1.807) is 18.4 Å². The third kappa shape index (κ3) is 2.48. The molecule has 2 heterocycles. The number of carbonyl (C=O) groups is 1. The third-order valence-electron chi connectivity index (χ3n) is 2.49. The Morgan fingerprint density at radius 1 is 1.56 bits per heavy atom. The molecule has 0 saturated carbocycles. The first-order valence-corrected chi connectivity index (χ1v) is 6.20. The highest BCUT2D eigenvalue weighted by Gasteiger charge is 2.18. The largest absolute Gasteiger partial charge is 0.381 e. The molecule has 0 aromatic carbocycles.